The SMILES string of the molecule is O=C(O)C(F)(F)F.O=C1CCCN1CCCN(CCC(=O)N1CCNCC1)C(=O)c1ccc(F)c(Cl)c1. The van der Waals surface area contributed by atoms with Crippen molar-refractivity contribution in [2.75, 3.05) is 52.4 Å². The van der Waals surface area contributed by atoms with Crippen molar-refractivity contribution in [2.45, 2.75) is 31.9 Å². The largest absolute Gasteiger partial charge is 0.490 e. The molecule has 3 amide bonds. The van der Waals surface area contributed by atoms with E-state index < -0.39 is 18.0 Å². The van der Waals surface area contributed by atoms with Crippen molar-refractivity contribution in [2.24, 2.45) is 0 Å². The fraction of sp³-hybridized carbons (Fsp3) is 0.565. The molecule has 9 nitrogen and oxygen atoms in total. The van der Waals surface area contributed by atoms with E-state index in [1.807, 2.05) is 4.90 Å². The number of nitrogens with one attached hydrogen (secondary N) is 1. The maximum atomic E-state index is 13.5. The second kappa shape index (κ2) is 14.1. The number of halogens is 5. The van der Waals surface area contributed by atoms with Crippen LogP contribution >= 0.6 is 11.6 Å². The molecule has 2 saturated heterocycles. The summed E-state index contributed by atoms with van der Waals surface area (Å²) in [6.07, 6.45) is -2.79. The van der Waals surface area contributed by atoms with Gasteiger partial charge in [0.2, 0.25) is 11.8 Å². The van der Waals surface area contributed by atoms with Gasteiger partial charge in [-0.05, 0) is 31.0 Å². The lowest BCUT2D eigenvalue weighted by Gasteiger charge is -2.29. The smallest absolute Gasteiger partial charge is 0.475 e. The number of carbonyl (C=O) groups excluding carboxylic acids is 3. The van der Waals surface area contributed by atoms with Gasteiger partial charge in [0.25, 0.3) is 5.91 Å². The van der Waals surface area contributed by atoms with Gasteiger partial charge < -0.3 is 25.1 Å². The Labute approximate surface area is 216 Å². The molecule has 3 rings (SSSR count). The van der Waals surface area contributed by atoms with Gasteiger partial charge >= 0.3 is 12.1 Å². The molecule has 0 atom stereocenters. The third kappa shape index (κ3) is 9.80. The number of nitrogens with zero attached hydrogens (tertiary/aromatic N) is 3. The summed E-state index contributed by atoms with van der Waals surface area (Å²) in [4.78, 5) is 51.5. The van der Waals surface area contributed by atoms with Crippen molar-refractivity contribution in [3.63, 3.8) is 0 Å². The molecular formula is C23H29ClF4N4O5. The maximum Gasteiger partial charge on any atom is 0.490 e. The number of hydrogen-bond donors (Lipinski definition) is 2. The van der Waals surface area contributed by atoms with Crippen LogP contribution in [-0.2, 0) is 14.4 Å². The van der Waals surface area contributed by atoms with Crippen LogP contribution in [0.5, 0.6) is 0 Å². The predicted octanol–water partition coefficient (Wildman–Crippen LogP) is 2.39. The molecule has 0 unspecified atom stereocenters. The molecule has 2 heterocycles. The molecule has 1 aromatic carbocycles. The third-order valence-corrected chi connectivity index (χ3v) is 6.08. The number of carboxylic acid groups (broad SMARTS) is 1. The summed E-state index contributed by atoms with van der Waals surface area (Å²) >= 11 is 5.84. The van der Waals surface area contributed by atoms with E-state index in [1.165, 1.54) is 18.2 Å². The van der Waals surface area contributed by atoms with Crippen LogP contribution in [0.15, 0.2) is 18.2 Å². The van der Waals surface area contributed by atoms with Crippen LogP contribution in [0.2, 0.25) is 5.02 Å². The van der Waals surface area contributed by atoms with Gasteiger partial charge in [-0.3, -0.25) is 14.4 Å². The van der Waals surface area contributed by atoms with E-state index >= 15 is 0 Å². The first kappa shape index (κ1) is 30.3. The number of rotatable bonds is 8. The fourth-order valence-electron chi connectivity index (χ4n) is 3.82. The lowest BCUT2D eigenvalue weighted by molar-refractivity contribution is -0.192. The van der Waals surface area contributed by atoms with Crippen LogP contribution in [0.3, 0.4) is 0 Å². The Bertz CT molecular complexity index is 973. The van der Waals surface area contributed by atoms with Crippen molar-refractivity contribution in [3.05, 3.63) is 34.6 Å². The normalized spacial score (nSPS) is 15.8. The Kier molecular flexibility index (Phi) is 11.6. The Morgan fingerprint density at radius 1 is 1.11 bits per heavy atom. The molecule has 0 spiro atoms. The van der Waals surface area contributed by atoms with Gasteiger partial charge in [0.05, 0.1) is 5.02 Å². The predicted molar refractivity (Wildman–Crippen MR) is 126 cm³/mol. The van der Waals surface area contributed by atoms with Crippen LogP contribution in [-0.4, -0.2) is 102 Å². The number of carbonyl (C=O) groups is 4. The number of amides is 3. The number of benzene rings is 1. The molecule has 0 aliphatic carbocycles. The molecular weight excluding hydrogens is 524 g/mol. The number of hydrogen-bond acceptors (Lipinski definition) is 5. The molecule has 0 bridgehead atoms. The summed E-state index contributed by atoms with van der Waals surface area (Å²) in [5.74, 6) is -3.47. The monoisotopic (exact) mass is 552 g/mol. The maximum absolute atomic E-state index is 13.5. The number of piperazine rings is 1. The summed E-state index contributed by atoms with van der Waals surface area (Å²) in [6.45, 7) is 4.88. The van der Waals surface area contributed by atoms with Crippen molar-refractivity contribution >= 4 is 35.3 Å². The zero-order chi connectivity index (χ0) is 27.6. The lowest BCUT2D eigenvalue weighted by atomic mass is 10.1. The minimum Gasteiger partial charge on any atom is -0.475 e. The molecule has 1 aromatic rings. The number of carboxylic acids is 1. The highest BCUT2D eigenvalue weighted by Gasteiger charge is 2.38. The minimum absolute atomic E-state index is 0.0150. The molecule has 0 aromatic heterocycles. The second-order valence-corrected chi connectivity index (χ2v) is 8.85. The van der Waals surface area contributed by atoms with Crippen molar-refractivity contribution in [3.8, 4) is 0 Å². The van der Waals surface area contributed by atoms with Crippen LogP contribution < -0.4 is 5.32 Å². The number of aliphatic carboxylic acids is 1. The first-order valence-electron chi connectivity index (χ1n) is 11.7. The second-order valence-electron chi connectivity index (χ2n) is 8.44. The van der Waals surface area contributed by atoms with Gasteiger partial charge in [0.1, 0.15) is 5.82 Å². The van der Waals surface area contributed by atoms with Gasteiger partial charge in [0, 0.05) is 70.8 Å². The lowest BCUT2D eigenvalue weighted by Crippen LogP contribution is -2.47. The highest BCUT2D eigenvalue weighted by Crippen LogP contribution is 2.18. The highest BCUT2D eigenvalue weighted by atomic mass is 35.5. The molecule has 14 heteroatoms. The van der Waals surface area contributed by atoms with Gasteiger partial charge in [0.15, 0.2) is 0 Å². The summed E-state index contributed by atoms with van der Waals surface area (Å²) in [5, 5.41) is 10.2. The van der Waals surface area contributed by atoms with Gasteiger partial charge in [-0.15, -0.1) is 0 Å². The Hall–Kier alpha value is -2.93. The van der Waals surface area contributed by atoms with Crippen molar-refractivity contribution in [1.82, 2.24) is 20.0 Å². The average molecular weight is 553 g/mol. The Morgan fingerprint density at radius 3 is 2.30 bits per heavy atom. The molecule has 37 heavy (non-hydrogen) atoms. The van der Waals surface area contributed by atoms with E-state index in [-0.39, 0.29) is 41.3 Å². The highest BCUT2D eigenvalue weighted by molar-refractivity contribution is 6.31. The van der Waals surface area contributed by atoms with Crippen LogP contribution in [0.4, 0.5) is 17.6 Å². The first-order chi connectivity index (χ1) is 17.4. The Morgan fingerprint density at radius 2 is 1.76 bits per heavy atom. The summed E-state index contributed by atoms with van der Waals surface area (Å²) in [5.41, 5.74) is 0.285. The third-order valence-electron chi connectivity index (χ3n) is 5.79. The summed E-state index contributed by atoms with van der Waals surface area (Å²) < 4.78 is 45.2. The van der Waals surface area contributed by atoms with E-state index in [9.17, 15) is 31.9 Å². The van der Waals surface area contributed by atoms with Crippen LogP contribution in [0, 0.1) is 5.82 Å². The van der Waals surface area contributed by atoms with Gasteiger partial charge in [-0.2, -0.15) is 13.2 Å². The quantitative estimate of drug-likeness (QED) is 0.479. The topological polar surface area (TPSA) is 110 Å². The van der Waals surface area contributed by atoms with E-state index in [0.29, 0.717) is 39.0 Å². The van der Waals surface area contributed by atoms with Crippen LogP contribution in [0.1, 0.15) is 36.0 Å². The minimum atomic E-state index is -5.08. The number of alkyl halides is 3. The molecule has 0 radical (unpaired) electrons. The van der Waals surface area contributed by atoms with Gasteiger partial charge in [-0.25, -0.2) is 9.18 Å². The molecule has 206 valence electrons. The average Bonchev–Trinajstić information content (AvgIpc) is 3.27. The first-order valence-corrected chi connectivity index (χ1v) is 12.1. The zero-order valence-corrected chi connectivity index (χ0v) is 20.8. The summed E-state index contributed by atoms with van der Waals surface area (Å²) in [6, 6.07) is 3.88. The van der Waals surface area contributed by atoms with E-state index in [0.717, 1.165) is 26.1 Å². The van der Waals surface area contributed by atoms with Crippen molar-refractivity contribution < 1.29 is 41.8 Å². The molecule has 2 N–H and O–H groups in total. The molecule has 2 aliphatic heterocycles. The number of likely N-dealkylation sites (tertiary alicyclic amines) is 1. The van der Waals surface area contributed by atoms with Gasteiger partial charge in [-0.1, -0.05) is 11.6 Å². The van der Waals surface area contributed by atoms with E-state index in [4.69, 9.17) is 21.5 Å². The molecule has 0 saturated carbocycles. The molecule has 2 aliphatic rings. The molecule has 2 fully saturated rings. The summed E-state index contributed by atoms with van der Waals surface area (Å²) in [7, 11) is 0. The van der Waals surface area contributed by atoms with E-state index in [1.54, 1.807) is 9.80 Å². The van der Waals surface area contributed by atoms with E-state index in [2.05, 4.69) is 5.32 Å². The Balaban J connectivity index is 0.000000604. The zero-order valence-electron chi connectivity index (χ0n) is 20.0. The van der Waals surface area contributed by atoms with Crippen LogP contribution in [0.25, 0.3) is 0 Å². The fourth-order valence-corrected chi connectivity index (χ4v) is 4.00. The van der Waals surface area contributed by atoms with Crippen molar-refractivity contribution in [1.29, 1.82) is 0 Å². The standard InChI is InChI=1S/C21H28ClFN4O3.C2HF3O2/c22-17-15-16(4-5-18(17)23)21(30)27(11-2-10-25-9-1-3-19(25)28)12-6-20(29)26-13-7-24-8-14-26;3-2(4,5)1(6)7/h4-5,15,24H,1-3,6-14H2;(H,6,7).